The lowest BCUT2D eigenvalue weighted by Gasteiger charge is -2.60. The molecular weight excluding hydrogens is 886 g/mol. The van der Waals surface area contributed by atoms with Crippen LogP contribution in [0.1, 0.15) is 73.1 Å². The van der Waals surface area contributed by atoms with Gasteiger partial charge in [0.25, 0.3) is 5.69 Å². The number of nitro benzene ring substituents is 1. The summed E-state index contributed by atoms with van der Waals surface area (Å²) in [5, 5.41) is 45.9. The van der Waals surface area contributed by atoms with E-state index in [9.17, 15) is 34.6 Å². The van der Waals surface area contributed by atoms with Crippen molar-refractivity contribution in [2.75, 3.05) is 46.2 Å². The van der Waals surface area contributed by atoms with E-state index < -0.39 is 28.6 Å². The first-order chi connectivity index (χ1) is 33.7. The average molecular weight is 948 g/mol. The highest BCUT2D eigenvalue weighted by Crippen LogP contribution is 2.62. The number of non-ortho nitro benzene ring substituents is 1. The first kappa shape index (κ1) is 50.6. The lowest BCUT2D eigenvalue weighted by atomic mass is 9.55. The molecule has 7 rings (SSSR count). The number of benzene rings is 4. The second kappa shape index (κ2) is 24.9. The molecule has 0 radical (unpaired) electrons. The number of fused-ring (bicyclic) bond motifs is 2. The lowest BCUT2D eigenvalue weighted by molar-refractivity contribution is -0.384. The third-order valence-corrected chi connectivity index (χ3v) is 13.1. The van der Waals surface area contributed by atoms with Gasteiger partial charge < -0.3 is 44.0 Å². The second-order valence-corrected chi connectivity index (χ2v) is 17.5. The molecule has 0 bridgehead atoms. The van der Waals surface area contributed by atoms with E-state index in [0.717, 1.165) is 36.0 Å². The zero-order chi connectivity index (χ0) is 48.6. The van der Waals surface area contributed by atoms with Crippen LogP contribution in [0.5, 0.6) is 11.5 Å². The van der Waals surface area contributed by atoms with Crippen molar-refractivity contribution in [3.8, 4) is 11.5 Å². The molecule has 6 atom stereocenters. The highest BCUT2D eigenvalue weighted by Gasteiger charge is 2.65. The summed E-state index contributed by atoms with van der Waals surface area (Å²) in [6.07, 6.45) is 11.1. The molecule has 15 heteroatoms. The molecule has 6 unspecified atom stereocenters. The van der Waals surface area contributed by atoms with Crippen LogP contribution in [0.15, 0.2) is 133 Å². The standard InChI is InChI=1S/C54H62FN3O11/c1-2-30-67-54-50(57(26-31-65-32-29-61)51(62)25-20-38-18-21-42(22-19-38)58(63)64)35-48(56-68-36-39-12-4-3-5-13-39)45-33-40(14-8-10-27-59)44(16-9-11-28-60)52(53(45)54)46-34-43(23-24-49(46)69-54)66-37-41-15-6-7-17-47(41)55/h2-7,12-13,15,17-25,33-34,40,44,50,52-53,59-61H,1,8-11,14,16,26-32,35-37H2. The average Bonchev–Trinajstić information content (AvgIpc) is 3.36. The fourth-order valence-corrected chi connectivity index (χ4v) is 9.99. The Hall–Kier alpha value is -6.23. The zero-order valence-corrected chi connectivity index (χ0v) is 38.8. The van der Waals surface area contributed by atoms with Crippen molar-refractivity contribution in [2.45, 2.75) is 75.9 Å². The number of oxime groups is 1. The summed E-state index contributed by atoms with van der Waals surface area (Å²) in [7, 11) is 0. The highest BCUT2D eigenvalue weighted by atomic mass is 19.1. The molecule has 2 aliphatic carbocycles. The number of nitro groups is 1. The summed E-state index contributed by atoms with van der Waals surface area (Å²) in [6.45, 7) is 4.21. The van der Waals surface area contributed by atoms with E-state index in [-0.39, 0.29) is 95.1 Å². The number of nitrogens with zero attached hydrogens (tertiary/aromatic N) is 3. The molecule has 4 aromatic rings. The molecule has 4 aromatic carbocycles. The largest absolute Gasteiger partial charge is 0.489 e. The Morgan fingerprint density at radius 2 is 1.68 bits per heavy atom. The van der Waals surface area contributed by atoms with Gasteiger partial charge in [0, 0.05) is 61.4 Å². The molecule has 3 aliphatic rings. The zero-order valence-electron chi connectivity index (χ0n) is 38.8. The number of ether oxygens (including phenoxy) is 4. The maximum atomic E-state index is 15.0. The monoisotopic (exact) mass is 947 g/mol. The maximum Gasteiger partial charge on any atom is 0.269 e. The van der Waals surface area contributed by atoms with Crippen LogP contribution in [0, 0.1) is 33.7 Å². The predicted molar refractivity (Wildman–Crippen MR) is 259 cm³/mol. The predicted octanol–water partition coefficient (Wildman–Crippen LogP) is 8.70. The number of aliphatic hydroxyl groups is 3. The van der Waals surface area contributed by atoms with E-state index in [1.807, 2.05) is 42.5 Å². The van der Waals surface area contributed by atoms with E-state index in [1.54, 1.807) is 53.5 Å². The van der Waals surface area contributed by atoms with Crippen LogP contribution >= 0.6 is 0 Å². The van der Waals surface area contributed by atoms with Crippen molar-refractivity contribution in [3.05, 3.63) is 166 Å². The molecule has 0 saturated heterocycles. The minimum atomic E-state index is -1.58. The van der Waals surface area contributed by atoms with Gasteiger partial charge in [0.05, 0.1) is 43.0 Å². The van der Waals surface area contributed by atoms with E-state index in [0.29, 0.717) is 47.6 Å². The third kappa shape index (κ3) is 12.3. The molecule has 1 fully saturated rings. The minimum Gasteiger partial charge on any atom is -0.489 e. The topological polar surface area (TPSA) is 183 Å². The first-order valence-corrected chi connectivity index (χ1v) is 23.7. The number of unbranched alkanes of at least 4 members (excludes halogenated alkanes) is 2. The summed E-state index contributed by atoms with van der Waals surface area (Å²) in [4.78, 5) is 33.7. The van der Waals surface area contributed by atoms with Gasteiger partial charge in [0.2, 0.25) is 11.7 Å². The lowest BCUT2D eigenvalue weighted by Crippen LogP contribution is -2.70. The number of hydrogen-bond acceptors (Lipinski definition) is 12. The fourth-order valence-electron chi connectivity index (χ4n) is 9.99. The van der Waals surface area contributed by atoms with Crippen molar-refractivity contribution in [2.24, 2.45) is 22.9 Å². The summed E-state index contributed by atoms with van der Waals surface area (Å²) in [5.74, 6) is -2.43. The van der Waals surface area contributed by atoms with Gasteiger partial charge in [0.1, 0.15) is 36.6 Å². The molecular formula is C54H62FN3O11. The number of amides is 1. The number of allylic oxidation sites excluding steroid dienone is 1. The van der Waals surface area contributed by atoms with Gasteiger partial charge in [-0.05, 0) is 96.7 Å². The van der Waals surface area contributed by atoms with Crippen LogP contribution in [-0.2, 0) is 32.3 Å². The fraction of sp³-hybridized carbons (Fsp3) is 0.407. The summed E-state index contributed by atoms with van der Waals surface area (Å²) in [5.41, 5.74) is 4.06. The summed E-state index contributed by atoms with van der Waals surface area (Å²) < 4.78 is 41.4. The molecule has 1 amide bonds. The molecule has 0 spiro atoms. The van der Waals surface area contributed by atoms with E-state index in [4.69, 9.17) is 28.9 Å². The normalized spacial score (nSPS) is 22.0. The van der Waals surface area contributed by atoms with Crippen molar-refractivity contribution in [1.82, 2.24) is 4.90 Å². The van der Waals surface area contributed by atoms with Crippen LogP contribution in [0.2, 0.25) is 0 Å². The summed E-state index contributed by atoms with van der Waals surface area (Å²) >= 11 is 0. The summed E-state index contributed by atoms with van der Waals surface area (Å²) in [6, 6.07) is 26.7. The molecule has 3 N–H and O–H groups in total. The van der Waals surface area contributed by atoms with Crippen molar-refractivity contribution < 1.29 is 53.2 Å². The maximum absolute atomic E-state index is 15.0. The Balaban J connectivity index is 1.41. The minimum absolute atomic E-state index is 0.0118. The third-order valence-electron chi connectivity index (χ3n) is 13.1. The van der Waals surface area contributed by atoms with Gasteiger partial charge in [-0.15, -0.1) is 6.58 Å². The molecule has 69 heavy (non-hydrogen) atoms. The number of halogens is 1. The molecule has 366 valence electrons. The number of rotatable bonds is 26. The van der Waals surface area contributed by atoms with Crippen molar-refractivity contribution >= 4 is 23.4 Å². The van der Waals surface area contributed by atoms with Crippen LogP contribution in [0.4, 0.5) is 10.1 Å². The SMILES string of the molecule is C=CCOC12Oc3ccc(OCc4ccccc4F)cc3C3C(CCCCO)C(CCCCO)C=C(C(=NOCc4ccccc4)CC1N(CCOCCO)C(=O)C=Cc1ccc([N+](=O)[O-])cc1)C32. The quantitative estimate of drug-likeness (QED) is 0.0180. The molecule has 14 nitrogen and oxygen atoms in total. The highest BCUT2D eigenvalue weighted by molar-refractivity contribution is 6.03. The van der Waals surface area contributed by atoms with Gasteiger partial charge in [-0.1, -0.05) is 78.7 Å². The Morgan fingerprint density at radius 3 is 2.41 bits per heavy atom. The Morgan fingerprint density at radius 1 is 0.928 bits per heavy atom. The van der Waals surface area contributed by atoms with Crippen LogP contribution < -0.4 is 9.47 Å². The Bertz CT molecular complexity index is 2430. The molecule has 1 aliphatic heterocycles. The smallest absolute Gasteiger partial charge is 0.269 e. The number of carbonyl (C=O) groups is 1. The van der Waals surface area contributed by atoms with E-state index in [1.165, 1.54) is 24.3 Å². The van der Waals surface area contributed by atoms with Gasteiger partial charge in [-0.25, -0.2) is 4.39 Å². The van der Waals surface area contributed by atoms with Gasteiger partial charge in [0.15, 0.2) is 0 Å². The van der Waals surface area contributed by atoms with Crippen molar-refractivity contribution in [1.29, 1.82) is 0 Å². The molecule has 0 aromatic heterocycles. The molecule has 1 saturated carbocycles. The van der Waals surface area contributed by atoms with Crippen LogP contribution in [0.3, 0.4) is 0 Å². The van der Waals surface area contributed by atoms with Crippen LogP contribution in [-0.4, -0.2) is 94.8 Å². The molecule has 1 heterocycles. The van der Waals surface area contributed by atoms with Gasteiger partial charge in [-0.3, -0.25) is 14.9 Å². The van der Waals surface area contributed by atoms with Crippen molar-refractivity contribution in [3.63, 3.8) is 0 Å². The van der Waals surface area contributed by atoms with E-state index >= 15 is 0 Å². The Kier molecular flexibility index (Phi) is 18.3. The van der Waals surface area contributed by atoms with Crippen LogP contribution in [0.25, 0.3) is 6.08 Å². The second-order valence-electron chi connectivity index (χ2n) is 17.5. The number of carbonyl (C=O) groups excluding carboxylic acids is 1. The van der Waals surface area contributed by atoms with E-state index in [2.05, 4.69) is 12.7 Å². The Labute approximate surface area is 402 Å². The number of hydrogen-bond donors (Lipinski definition) is 3. The first-order valence-electron chi connectivity index (χ1n) is 23.7. The number of aliphatic hydroxyl groups excluding tert-OH is 3. The van der Waals surface area contributed by atoms with Gasteiger partial charge >= 0.3 is 0 Å². The van der Waals surface area contributed by atoms with Gasteiger partial charge in [-0.2, -0.15) is 0 Å².